The van der Waals surface area contributed by atoms with E-state index in [9.17, 15) is 4.79 Å². The lowest BCUT2D eigenvalue weighted by Crippen LogP contribution is -2.47. The number of benzene rings is 1. The Kier molecular flexibility index (Phi) is 4.99. The second-order valence-electron chi connectivity index (χ2n) is 5.37. The fourth-order valence-electron chi connectivity index (χ4n) is 2.57. The van der Waals surface area contributed by atoms with E-state index >= 15 is 0 Å². The molecule has 19 heavy (non-hydrogen) atoms. The van der Waals surface area contributed by atoms with Crippen LogP contribution in [0.4, 0.5) is 0 Å². The van der Waals surface area contributed by atoms with Crippen LogP contribution in [0.5, 0.6) is 0 Å². The molecule has 0 aromatic heterocycles. The third kappa shape index (κ3) is 3.80. The molecule has 2 rings (SSSR count). The molecule has 1 aliphatic carbocycles. The smallest absolute Gasteiger partial charge is 0.252 e. The number of carbonyl (C=O) groups excluding carboxylic acids is 1. The summed E-state index contributed by atoms with van der Waals surface area (Å²) in [4.78, 5) is 12.3. The maximum absolute atomic E-state index is 12.3. The molecule has 2 atom stereocenters. The van der Waals surface area contributed by atoms with Gasteiger partial charge in [-0.1, -0.05) is 25.3 Å². The molecule has 1 aromatic carbocycles. The van der Waals surface area contributed by atoms with Crippen molar-refractivity contribution in [1.29, 1.82) is 0 Å². The first kappa shape index (κ1) is 14.5. The Hall–Kier alpha value is -0.870. The fraction of sp³-hybridized carbons (Fsp3) is 0.533. The van der Waals surface area contributed by atoms with E-state index in [1.165, 1.54) is 12.8 Å². The van der Waals surface area contributed by atoms with Gasteiger partial charge in [0, 0.05) is 16.6 Å². The van der Waals surface area contributed by atoms with Crippen LogP contribution in [0.2, 0.25) is 0 Å². The normalized spacial score (nSPS) is 23.7. The van der Waals surface area contributed by atoms with E-state index < -0.39 is 0 Å². The molecule has 3 N–H and O–H groups in total. The lowest BCUT2D eigenvalue weighted by atomic mass is 10.0. The number of nitrogens with two attached hydrogens (primary N) is 1. The number of aryl methyl sites for hydroxylation is 1. The second-order valence-corrected chi connectivity index (χ2v) is 6.22. The average Bonchev–Trinajstić information content (AvgIpc) is 2.55. The summed E-state index contributed by atoms with van der Waals surface area (Å²) in [6.07, 6.45) is 5.51. The number of carbonyl (C=O) groups is 1. The summed E-state index contributed by atoms with van der Waals surface area (Å²) in [5.74, 6) is -0.0331. The monoisotopic (exact) mass is 324 g/mol. The maximum Gasteiger partial charge on any atom is 0.252 e. The molecule has 0 bridgehead atoms. The van der Waals surface area contributed by atoms with Gasteiger partial charge in [-0.2, -0.15) is 0 Å². The van der Waals surface area contributed by atoms with E-state index in [1.54, 1.807) is 0 Å². The molecule has 4 heteroatoms. The Labute approximate surface area is 123 Å². The van der Waals surface area contributed by atoms with Crippen LogP contribution in [-0.2, 0) is 0 Å². The molecule has 0 heterocycles. The lowest BCUT2D eigenvalue weighted by Gasteiger charge is -2.23. The number of halogens is 1. The molecule has 3 nitrogen and oxygen atoms in total. The first-order chi connectivity index (χ1) is 9.08. The Morgan fingerprint density at radius 2 is 2.05 bits per heavy atom. The Morgan fingerprint density at radius 1 is 1.32 bits per heavy atom. The van der Waals surface area contributed by atoms with Crippen molar-refractivity contribution >= 4 is 21.8 Å². The molecule has 1 aromatic rings. The number of hydrogen-bond donors (Lipinski definition) is 2. The van der Waals surface area contributed by atoms with Gasteiger partial charge in [0.25, 0.3) is 5.91 Å². The minimum absolute atomic E-state index is 0.0331. The molecule has 2 unspecified atom stereocenters. The molecule has 0 spiro atoms. The lowest BCUT2D eigenvalue weighted by molar-refractivity contribution is 0.0928. The zero-order chi connectivity index (χ0) is 13.8. The number of amides is 1. The van der Waals surface area contributed by atoms with E-state index in [0.29, 0.717) is 5.56 Å². The SMILES string of the molecule is Cc1ccc(C(=O)NC2CCCCCC2N)c(Br)c1. The van der Waals surface area contributed by atoms with Crippen molar-refractivity contribution in [3.8, 4) is 0 Å². The van der Waals surface area contributed by atoms with Crippen molar-refractivity contribution in [3.63, 3.8) is 0 Å². The summed E-state index contributed by atoms with van der Waals surface area (Å²) >= 11 is 3.45. The van der Waals surface area contributed by atoms with Gasteiger partial charge in [-0.15, -0.1) is 0 Å². The number of hydrogen-bond acceptors (Lipinski definition) is 2. The standard InChI is InChI=1S/C15H21BrN2O/c1-10-7-8-11(12(16)9-10)15(19)18-14-6-4-2-3-5-13(14)17/h7-9,13-14H,2-6,17H2,1H3,(H,18,19). The van der Waals surface area contributed by atoms with Crippen molar-refractivity contribution in [2.24, 2.45) is 5.73 Å². The van der Waals surface area contributed by atoms with E-state index in [2.05, 4.69) is 21.2 Å². The summed E-state index contributed by atoms with van der Waals surface area (Å²) in [7, 11) is 0. The first-order valence-corrected chi connectivity index (χ1v) is 7.70. The van der Waals surface area contributed by atoms with E-state index in [-0.39, 0.29) is 18.0 Å². The van der Waals surface area contributed by atoms with Crippen LogP contribution >= 0.6 is 15.9 Å². The molecule has 104 valence electrons. The van der Waals surface area contributed by atoms with E-state index in [0.717, 1.165) is 29.3 Å². The third-order valence-corrected chi connectivity index (χ3v) is 4.41. The van der Waals surface area contributed by atoms with Crippen LogP contribution in [0.25, 0.3) is 0 Å². The van der Waals surface area contributed by atoms with Crippen LogP contribution in [0.15, 0.2) is 22.7 Å². The average molecular weight is 325 g/mol. The van der Waals surface area contributed by atoms with Crippen molar-refractivity contribution in [2.75, 3.05) is 0 Å². The highest BCUT2D eigenvalue weighted by Gasteiger charge is 2.23. The van der Waals surface area contributed by atoms with Crippen molar-refractivity contribution in [3.05, 3.63) is 33.8 Å². The molecule has 1 aliphatic rings. The largest absolute Gasteiger partial charge is 0.348 e. The Bertz CT molecular complexity index is 461. The van der Waals surface area contributed by atoms with Crippen LogP contribution in [0, 0.1) is 6.92 Å². The van der Waals surface area contributed by atoms with Gasteiger partial charge in [0.05, 0.1) is 5.56 Å². The number of nitrogens with one attached hydrogen (secondary N) is 1. The van der Waals surface area contributed by atoms with Crippen LogP contribution in [0.1, 0.15) is 48.0 Å². The van der Waals surface area contributed by atoms with E-state index in [1.807, 2.05) is 25.1 Å². The van der Waals surface area contributed by atoms with Crippen LogP contribution in [-0.4, -0.2) is 18.0 Å². The maximum atomic E-state index is 12.3. The minimum Gasteiger partial charge on any atom is -0.348 e. The summed E-state index contributed by atoms with van der Waals surface area (Å²) in [6.45, 7) is 2.01. The fourth-order valence-corrected chi connectivity index (χ4v) is 3.24. The van der Waals surface area contributed by atoms with Gasteiger partial charge in [0.2, 0.25) is 0 Å². The van der Waals surface area contributed by atoms with Crippen molar-refractivity contribution in [2.45, 2.75) is 51.1 Å². The van der Waals surface area contributed by atoms with Crippen LogP contribution in [0.3, 0.4) is 0 Å². The zero-order valence-electron chi connectivity index (χ0n) is 11.3. The summed E-state index contributed by atoms with van der Waals surface area (Å²) in [6, 6.07) is 5.95. The van der Waals surface area contributed by atoms with Crippen molar-refractivity contribution < 1.29 is 4.79 Å². The zero-order valence-corrected chi connectivity index (χ0v) is 12.9. The minimum atomic E-state index is -0.0331. The van der Waals surface area contributed by atoms with Gasteiger partial charge in [0.15, 0.2) is 0 Å². The molecule has 1 saturated carbocycles. The van der Waals surface area contributed by atoms with Gasteiger partial charge in [-0.3, -0.25) is 4.79 Å². The second kappa shape index (κ2) is 6.53. The topological polar surface area (TPSA) is 55.1 Å². The van der Waals surface area contributed by atoms with Gasteiger partial charge >= 0.3 is 0 Å². The Morgan fingerprint density at radius 3 is 2.79 bits per heavy atom. The van der Waals surface area contributed by atoms with Gasteiger partial charge in [-0.05, 0) is 53.4 Å². The van der Waals surface area contributed by atoms with Crippen LogP contribution < -0.4 is 11.1 Å². The predicted octanol–water partition coefficient (Wildman–Crippen LogP) is 3.15. The molecule has 0 radical (unpaired) electrons. The highest BCUT2D eigenvalue weighted by molar-refractivity contribution is 9.10. The molecule has 1 amide bonds. The molecule has 1 fully saturated rings. The van der Waals surface area contributed by atoms with Crippen molar-refractivity contribution in [1.82, 2.24) is 5.32 Å². The highest BCUT2D eigenvalue weighted by atomic mass is 79.9. The first-order valence-electron chi connectivity index (χ1n) is 6.90. The summed E-state index contributed by atoms with van der Waals surface area (Å²) in [5, 5.41) is 3.09. The van der Waals surface area contributed by atoms with Gasteiger partial charge in [-0.25, -0.2) is 0 Å². The van der Waals surface area contributed by atoms with Gasteiger partial charge in [0.1, 0.15) is 0 Å². The molecular weight excluding hydrogens is 304 g/mol. The quantitative estimate of drug-likeness (QED) is 0.821. The molecule has 0 saturated heterocycles. The number of rotatable bonds is 2. The van der Waals surface area contributed by atoms with E-state index in [4.69, 9.17) is 5.73 Å². The molecule has 0 aliphatic heterocycles. The third-order valence-electron chi connectivity index (χ3n) is 3.76. The Balaban J connectivity index is 2.07. The van der Waals surface area contributed by atoms with Gasteiger partial charge < -0.3 is 11.1 Å². The summed E-state index contributed by atoms with van der Waals surface area (Å²) in [5.41, 5.74) is 7.96. The summed E-state index contributed by atoms with van der Waals surface area (Å²) < 4.78 is 0.840. The predicted molar refractivity (Wildman–Crippen MR) is 81.2 cm³/mol. The highest BCUT2D eigenvalue weighted by Crippen LogP contribution is 2.20. The molecular formula is C15H21BrN2O.